The number of ketones is 2. The lowest BCUT2D eigenvalue weighted by Crippen LogP contribution is -2.52. The Kier molecular flexibility index (Phi) is 13.9. The number of hydrogen-bond acceptors (Lipinski definition) is 7. The number of rotatable bonds is 12. The standard InChI is InChI=1S/C32H31N3O3.C24H23NO/c1-2-38-31(37)23-34-24-33-21-29(34)20-25-22-35(19-18-30(25)36)32(26-12-6-3-7-13-26,27-14-8-4-9-15-27)28-16-10-5-11-17-28;26-23-16-18-25(19-17-23)24(20-10-4-1-5-11-20,21-12-6-2-7-13-21)22-14-8-3-9-15-22/h3-17,20-21,24H,2,18-19,22-23H2,1H3;1-15H,16-19H2/b25-20+;. The van der Waals surface area contributed by atoms with Crippen molar-refractivity contribution in [1.82, 2.24) is 19.4 Å². The number of benzene rings is 6. The van der Waals surface area contributed by atoms with Crippen LogP contribution in [0.2, 0.25) is 0 Å². The molecule has 2 saturated heterocycles. The molecule has 1 aromatic heterocycles. The summed E-state index contributed by atoms with van der Waals surface area (Å²) in [6, 6.07) is 63.5. The Bertz CT molecular complexity index is 2430. The summed E-state index contributed by atoms with van der Waals surface area (Å²) in [5.74, 6) is 0.135. The minimum absolute atomic E-state index is 0.0485. The zero-order valence-electron chi connectivity index (χ0n) is 36.3. The molecule has 7 aromatic rings. The number of Topliss-reactive ketones (excluding diaryl/α,β-unsaturated/α-hetero) is 2. The molecule has 0 saturated carbocycles. The molecule has 0 atom stereocenters. The summed E-state index contributed by atoms with van der Waals surface area (Å²) in [6.07, 6.45) is 6.77. The van der Waals surface area contributed by atoms with Gasteiger partial charge in [0.1, 0.15) is 12.3 Å². The lowest BCUT2D eigenvalue weighted by atomic mass is 9.74. The highest BCUT2D eigenvalue weighted by molar-refractivity contribution is 6.00. The minimum atomic E-state index is -0.602. The second kappa shape index (κ2) is 20.5. The molecular formula is C56H54N4O4. The number of carbonyl (C=O) groups is 3. The van der Waals surface area contributed by atoms with E-state index in [1.54, 1.807) is 24.0 Å². The van der Waals surface area contributed by atoms with Crippen LogP contribution >= 0.6 is 0 Å². The zero-order chi connectivity index (χ0) is 44.2. The smallest absolute Gasteiger partial charge is 0.325 e. The molecule has 0 spiro atoms. The predicted octanol–water partition coefficient (Wildman–Crippen LogP) is 9.74. The van der Waals surface area contributed by atoms with Gasteiger partial charge in [-0.1, -0.05) is 182 Å². The van der Waals surface area contributed by atoms with Crippen LogP contribution in [0, 0.1) is 0 Å². The lowest BCUT2D eigenvalue weighted by molar-refractivity contribution is -0.143. The Hall–Kier alpha value is -7.00. The summed E-state index contributed by atoms with van der Waals surface area (Å²) in [5, 5.41) is 0. The molecule has 64 heavy (non-hydrogen) atoms. The second-order valence-electron chi connectivity index (χ2n) is 16.2. The molecule has 8 nitrogen and oxygen atoms in total. The van der Waals surface area contributed by atoms with Crippen molar-refractivity contribution in [1.29, 1.82) is 0 Å². The topological polar surface area (TPSA) is 84.7 Å². The molecule has 0 unspecified atom stereocenters. The molecule has 0 N–H and O–H groups in total. The first-order valence-corrected chi connectivity index (χ1v) is 22.2. The maximum absolute atomic E-state index is 13.2. The van der Waals surface area contributed by atoms with Crippen LogP contribution in [-0.4, -0.2) is 69.7 Å². The van der Waals surface area contributed by atoms with E-state index in [9.17, 15) is 14.4 Å². The van der Waals surface area contributed by atoms with Crippen molar-refractivity contribution in [2.75, 3.05) is 32.8 Å². The second-order valence-corrected chi connectivity index (χ2v) is 16.2. The minimum Gasteiger partial charge on any atom is -0.465 e. The molecule has 8 heteroatoms. The average molecular weight is 847 g/mol. The van der Waals surface area contributed by atoms with Crippen molar-refractivity contribution in [2.45, 2.75) is 43.8 Å². The van der Waals surface area contributed by atoms with Crippen molar-refractivity contribution in [3.05, 3.63) is 239 Å². The summed E-state index contributed by atoms with van der Waals surface area (Å²) >= 11 is 0. The van der Waals surface area contributed by atoms with Crippen LogP contribution in [0.25, 0.3) is 6.08 Å². The van der Waals surface area contributed by atoms with E-state index in [4.69, 9.17) is 4.74 Å². The Labute approximate surface area is 376 Å². The molecule has 0 radical (unpaired) electrons. The van der Waals surface area contributed by atoms with Gasteiger partial charge in [-0.2, -0.15) is 0 Å². The van der Waals surface area contributed by atoms with E-state index in [2.05, 4.69) is 179 Å². The SMILES string of the molecule is CCOC(=O)Cn1cncc1/C=C1\CN(C(c2ccccc2)(c2ccccc2)c2ccccc2)CCC1=O.O=C1CCN(C(c2ccccc2)(c2ccccc2)c2ccccc2)CC1. The Morgan fingerprint density at radius 2 is 0.938 bits per heavy atom. The quantitative estimate of drug-likeness (QED) is 0.0688. The fourth-order valence-corrected chi connectivity index (χ4v) is 9.55. The molecule has 3 heterocycles. The van der Waals surface area contributed by atoms with Gasteiger partial charge < -0.3 is 9.30 Å². The summed E-state index contributed by atoms with van der Waals surface area (Å²) in [4.78, 5) is 46.3. The molecule has 9 rings (SSSR count). The number of nitrogens with zero attached hydrogens (tertiary/aromatic N) is 4. The van der Waals surface area contributed by atoms with Gasteiger partial charge >= 0.3 is 5.97 Å². The molecule has 322 valence electrons. The Morgan fingerprint density at radius 1 is 0.562 bits per heavy atom. The Morgan fingerprint density at radius 3 is 1.33 bits per heavy atom. The van der Waals surface area contributed by atoms with E-state index in [0.717, 1.165) is 29.8 Å². The third-order valence-corrected chi connectivity index (χ3v) is 12.4. The van der Waals surface area contributed by atoms with Gasteiger partial charge in [-0.3, -0.25) is 24.2 Å². The normalized spacial score (nSPS) is 15.6. The summed E-state index contributed by atoms with van der Waals surface area (Å²) in [6.45, 7) is 4.75. The number of esters is 1. The maximum atomic E-state index is 13.2. The molecule has 2 fully saturated rings. The van der Waals surface area contributed by atoms with Crippen LogP contribution in [0.4, 0.5) is 0 Å². The first kappa shape index (κ1) is 43.6. The monoisotopic (exact) mass is 846 g/mol. The third kappa shape index (κ3) is 9.07. The van der Waals surface area contributed by atoms with E-state index in [-0.39, 0.29) is 23.8 Å². The number of ether oxygens (including phenoxy) is 1. The van der Waals surface area contributed by atoms with Crippen molar-refractivity contribution in [2.24, 2.45) is 0 Å². The number of aromatic nitrogens is 2. The van der Waals surface area contributed by atoms with Gasteiger partial charge in [0.25, 0.3) is 0 Å². The van der Waals surface area contributed by atoms with Gasteiger partial charge in [-0.25, -0.2) is 4.98 Å². The number of imidazole rings is 1. The fraction of sp³-hybridized carbons (Fsp3) is 0.214. The number of piperidine rings is 2. The molecular weight excluding hydrogens is 793 g/mol. The van der Waals surface area contributed by atoms with Crippen LogP contribution < -0.4 is 0 Å². The fourth-order valence-electron chi connectivity index (χ4n) is 9.55. The summed E-state index contributed by atoms with van der Waals surface area (Å²) < 4.78 is 6.82. The average Bonchev–Trinajstić information content (AvgIpc) is 3.79. The molecule has 0 aliphatic carbocycles. The van der Waals surface area contributed by atoms with E-state index in [1.807, 2.05) is 24.3 Å². The third-order valence-electron chi connectivity index (χ3n) is 12.4. The van der Waals surface area contributed by atoms with Crippen LogP contribution in [0.15, 0.2) is 200 Å². The summed E-state index contributed by atoms with van der Waals surface area (Å²) in [7, 11) is 0. The molecule has 0 amide bonds. The largest absolute Gasteiger partial charge is 0.465 e. The van der Waals surface area contributed by atoms with Crippen molar-refractivity contribution < 1.29 is 19.1 Å². The highest BCUT2D eigenvalue weighted by Gasteiger charge is 2.45. The molecule has 6 aromatic carbocycles. The van der Waals surface area contributed by atoms with Crippen LogP contribution in [0.1, 0.15) is 65.3 Å². The number of carbonyl (C=O) groups excluding carboxylic acids is 3. The predicted molar refractivity (Wildman–Crippen MR) is 252 cm³/mol. The van der Waals surface area contributed by atoms with Gasteiger partial charge in [0, 0.05) is 51.0 Å². The highest BCUT2D eigenvalue weighted by atomic mass is 16.5. The van der Waals surface area contributed by atoms with Crippen LogP contribution in [0.3, 0.4) is 0 Å². The van der Waals surface area contributed by atoms with Crippen molar-refractivity contribution in [3.63, 3.8) is 0 Å². The van der Waals surface area contributed by atoms with Gasteiger partial charge in [0.2, 0.25) is 0 Å². The molecule has 0 bridgehead atoms. The highest BCUT2D eigenvalue weighted by Crippen LogP contribution is 2.45. The van der Waals surface area contributed by atoms with Gasteiger partial charge in [-0.15, -0.1) is 0 Å². The van der Waals surface area contributed by atoms with Gasteiger partial charge in [-0.05, 0) is 46.4 Å². The zero-order valence-corrected chi connectivity index (χ0v) is 36.3. The lowest BCUT2D eigenvalue weighted by Gasteiger charge is -2.47. The number of likely N-dealkylation sites (tertiary alicyclic amines) is 2. The first-order valence-electron chi connectivity index (χ1n) is 22.2. The van der Waals surface area contributed by atoms with Crippen molar-refractivity contribution >= 4 is 23.6 Å². The van der Waals surface area contributed by atoms with Gasteiger partial charge in [0.05, 0.1) is 35.9 Å². The maximum Gasteiger partial charge on any atom is 0.325 e. The van der Waals surface area contributed by atoms with Crippen LogP contribution in [0.5, 0.6) is 0 Å². The van der Waals surface area contributed by atoms with E-state index in [1.165, 1.54) is 16.7 Å². The van der Waals surface area contributed by atoms with E-state index >= 15 is 0 Å². The summed E-state index contributed by atoms with van der Waals surface area (Å²) in [5.41, 5.74) is 7.54. The van der Waals surface area contributed by atoms with Crippen LogP contribution in [-0.2, 0) is 36.7 Å². The van der Waals surface area contributed by atoms with Crippen molar-refractivity contribution in [3.8, 4) is 0 Å². The number of hydrogen-bond donors (Lipinski definition) is 0. The van der Waals surface area contributed by atoms with Gasteiger partial charge in [0.15, 0.2) is 5.78 Å². The van der Waals surface area contributed by atoms with E-state index < -0.39 is 5.54 Å². The Balaban J connectivity index is 0.000000188. The van der Waals surface area contributed by atoms with E-state index in [0.29, 0.717) is 56.0 Å². The molecule has 2 aliphatic heterocycles. The first-order chi connectivity index (χ1) is 31.4. The molecule has 2 aliphatic rings.